The van der Waals surface area contributed by atoms with Gasteiger partial charge in [-0.2, -0.15) is 0 Å². The summed E-state index contributed by atoms with van der Waals surface area (Å²) in [6, 6.07) is 23.1. The van der Waals surface area contributed by atoms with Crippen LogP contribution in [-0.2, 0) is 68.9 Å². The van der Waals surface area contributed by atoms with Crippen molar-refractivity contribution in [3.63, 3.8) is 0 Å². The molecule has 72 heavy (non-hydrogen) atoms. The van der Waals surface area contributed by atoms with Crippen molar-refractivity contribution >= 4 is 47.6 Å². The second-order valence-corrected chi connectivity index (χ2v) is 20.8. The Labute approximate surface area is 421 Å². The molecule has 0 saturated carbocycles. The summed E-state index contributed by atoms with van der Waals surface area (Å²) in [5.41, 5.74) is 0.931. The minimum Gasteiger partial charge on any atom is -0.467 e. The molecule has 0 radical (unpaired) electrons. The van der Waals surface area contributed by atoms with Gasteiger partial charge in [-0.15, -0.1) is 0 Å². The Morgan fingerprint density at radius 1 is 0.583 bits per heavy atom. The highest BCUT2D eigenvalue weighted by atomic mass is 16.6. The zero-order valence-corrected chi connectivity index (χ0v) is 42.8. The summed E-state index contributed by atoms with van der Waals surface area (Å²) in [5.74, 6) is -2.29. The molecule has 18 heteroatoms. The number of hydrogen-bond acceptors (Lipinski definition) is 13. The van der Waals surface area contributed by atoms with Gasteiger partial charge in [0.05, 0.1) is 20.3 Å². The Morgan fingerprint density at radius 3 is 1.51 bits per heavy atom. The van der Waals surface area contributed by atoms with Crippen molar-refractivity contribution in [2.75, 3.05) is 40.4 Å². The number of benzene rings is 3. The van der Waals surface area contributed by atoms with Gasteiger partial charge in [-0.3, -0.25) is 19.2 Å². The van der Waals surface area contributed by atoms with Crippen LogP contribution in [0.25, 0.3) is 0 Å². The first kappa shape index (κ1) is 54.5. The summed E-state index contributed by atoms with van der Waals surface area (Å²) in [5, 5.41) is 9.09. The molecule has 4 aliphatic heterocycles. The van der Waals surface area contributed by atoms with Crippen LogP contribution in [0.3, 0.4) is 0 Å². The Bertz CT molecular complexity index is 2470. The number of ketones is 1. The molecule has 7 rings (SSSR count). The molecule has 5 amide bonds. The number of rotatable bonds is 10. The van der Waals surface area contributed by atoms with Crippen LogP contribution < -0.4 is 16.0 Å². The molecule has 0 aliphatic carbocycles. The highest BCUT2D eigenvalue weighted by Gasteiger charge is 2.48. The van der Waals surface area contributed by atoms with Crippen molar-refractivity contribution in [3.8, 4) is 0 Å². The fourth-order valence-corrected chi connectivity index (χ4v) is 9.38. The third-order valence-electron chi connectivity index (χ3n) is 13.3. The standard InChI is InChI=1S/C32H39N3O7.C22H31N3O5/c1-31(2,3)42-30(40)34-18-16-32(17-19-34,29(39)41-4)33-28(38)25-20-23-12-8-9-13-24(23)21-35(25)27(37)15-14-26(36)22-10-6-5-7-11-22;1-21(2,3)30-20(28)25-11-9-22(10-12-25,19(27)29-4)24-18(26)17-13-15-7-5-6-8-16(15)14-23-17/h5-13,25H,14-21H2,1-4H3,(H,33,38);5-8,17,23H,9-14H2,1-4H3,(H,24,26)/t25-;17-/m00/s1. The Kier molecular flexibility index (Phi) is 17.5. The molecule has 3 N–H and O–H groups in total. The maximum Gasteiger partial charge on any atom is 0.410 e. The van der Waals surface area contributed by atoms with E-state index >= 15 is 0 Å². The largest absolute Gasteiger partial charge is 0.467 e. The lowest BCUT2D eigenvalue weighted by molar-refractivity contribution is -0.155. The first-order valence-corrected chi connectivity index (χ1v) is 24.6. The number of hydrogen-bond donors (Lipinski definition) is 3. The lowest BCUT2D eigenvalue weighted by Crippen LogP contribution is -2.64. The van der Waals surface area contributed by atoms with Crippen LogP contribution in [0, 0.1) is 0 Å². The fourth-order valence-electron chi connectivity index (χ4n) is 9.38. The number of carbonyl (C=O) groups excluding carboxylic acids is 8. The number of nitrogens with one attached hydrogen (secondary N) is 3. The molecule has 0 unspecified atom stereocenters. The molecule has 3 aromatic rings. The van der Waals surface area contributed by atoms with Crippen LogP contribution in [0.2, 0.25) is 0 Å². The number of nitrogens with zero attached hydrogens (tertiary/aromatic N) is 3. The molecule has 0 spiro atoms. The van der Waals surface area contributed by atoms with Crippen LogP contribution in [-0.4, -0.2) is 137 Å². The molecular weight excluding hydrogens is 925 g/mol. The highest BCUT2D eigenvalue weighted by Crippen LogP contribution is 2.30. The van der Waals surface area contributed by atoms with Crippen LogP contribution in [0.1, 0.15) is 113 Å². The number of Topliss-reactive ketones (excluding diaryl/α,β-unsaturated/α-hetero) is 1. The molecule has 4 heterocycles. The lowest BCUT2D eigenvalue weighted by atomic mass is 9.86. The minimum absolute atomic E-state index is 0.0158. The van der Waals surface area contributed by atoms with Crippen molar-refractivity contribution in [3.05, 3.63) is 107 Å². The molecule has 2 saturated heterocycles. The average molecular weight is 995 g/mol. The van der Waals surface area contributed by atoms with Crippen LogP contribution in [0.5, 0.6) is 0 Å². The Balaban J connectivity index is 0.000000249. The lowest BCUT2D eigenvalue weighted by Gasteiger charge is -2.42. The van der Waals surface area contributed by atoms with Crippen LogP contribution >= 0.6 is 0 Å². The highest BCUT2D eigenvalue weighted by molar-refractivity contribution is 5.99. The predicted octanol–water partition coefficient (Wildman–Crippen LogP) is 5.42. The maximum absolute atomic E-state index is 13.9. The van der Waals surface area contributed by atoms with E-state index in [0.717, 1.165) is 16.7 Å². The van der Waals surface area contributed by atoms with E-state index in [9.17, 15) is 38.4 Å². The minimum atomic E-state index is -1.36. The third kappa shape index (κ3) is 13.8. The van der Waals surface area contributed by atoms with Gasteiger partial charge in [0.15, 0.2) is 5.78 Å². The molecule has 0 bridgehead atoms. The van der Waals surface area contributed by atoms with Crippen molar-refractivity contribution in [2.45, 2.75) is 140 Å². The van der Waals surface area contributed by atoms with Gasteiger partial charge in [-0.1, -0.05) is 78.9 Å². The summed E-state index contributed by atoms with van der Waals surface area (Å²) in [4.78, 5) is 108. The summed E-state index contributed by atoms with van der Waals surface area (Å²) in [6.07, 6.45) is 0.693. The van der Waals surface area contributed by atoms with Crippen molar-refractivity contribution in [1.82, 2.24) is 30.7 Å². The van der Waals surface area contributed by atoms with Crippen molar-refractivity contribution < 1.29 is 57.3 Å². The zero-order valence-electron chi connectivity index (χ0n) is 42.8. The Morgan fingerprint density at radius 2 is 1.03 bits per heavy atom. The van der Waals surface area contributed by atoms with Crippen LogP contribution in [0.15, 0.2) is 78.9 Å². The predicted molar refractivity (Wildman–Crippen MR) is 265 cm³/mol. The van der Waals surface area contributed by atoms with E-state index in [1.54, 1.807) is 49.9 Å². The second-order valence-electron chi connectivity index (χ2n) is 20.8. The van der Waals surface area contributed by atoms with Gasteiger partial charge in [-0.05, 0) is 95.9 Å². The maximum atomic E-state index is 13.9. The number of fused-ring (bicyclic) bond motifs is 2. The fraction of sp³-hybridized carbons (Fsp3) is 0.519. The number of piperidine rings is 2. The number of ether oxygens (including phenoxy) is 4. The average Bonchev–Trinajstić information content (AvgIpc) is 3.36. The van der Waals surface area contributed by atoms with Gasteiger partial charge < -0.3 is 49.6 Å². The smallest absolute Gasteiger partial charge is 0.410 e. The van der Waals surface area contributed by atoms with Gasteiger partial charge in [-0.25, -0.2) is 19.2 Å². The quantitative estimate of drug-likeness (QED) is 0.131. The van der Waals surface area contributed by atoms with E-state index in [0.29, 0.717) is 31.6 Å². The normalized spacial score (nSPS) is 19.1. The van der Waals surface area contributed by atoms with Crippen LogP contribution in [0.4, 0.5) is 9.59 Å². The summed E-state index contributed by atoms with van der Waals surface area (Å²) >= 11 is 0. The monoisotopic (exact) mass is 995 g/mol. The van der Waals surface area contributed by atoms with Gasteiger partial charge in [0.25, 0.3) is 0 Å². The van der Waals surface area contributed by atoms with E-state index in [1.165, 1.54) is 29.6 Å². The topological polar surface area (TPSA) is 219 Å². The molecule has 0 aromatic heterocycles. The SMILES string of the molecule is COC(=O)C1(NC(=O)[C@@H]2Cc3ccccc3CN2)CCN(C(=O)OC(C)(C)C)CC1.COC(=O)C1(NC(=O)[C@@H]2Cc3ccccc3CN2C(=O)CCC(=O)c2ccccc2)CCN(C(=O)OC(C)(C)C)CC1. The van der Waals surface area contributed by atoms with Gasteiger partial charge >= 0.3 is 24.1 Å². The molecule has 18 nitrogen and oxygen atoms in total. The number of esters is 2. The van der Waals surface area contributed by atoms with Gasteiger partial charge in [0.1, 0.15) is 28.3 Å². The van der Waals surface area contributed by atoms with E-state index in [4.69, 9.17) is 18.9 Å². The first-order valence-electron chi connectivity index (χ1n) is 24.6. The Hall–Kier alpha value is -6.82. The molecular formula is C54H70N6O12. The van der Waals surface area contributed by atoms with Crippen molar-refractivity contribution in [2.24, 2.45) is 0 Å². The summed E-state index contributed by atoms with van der Waals surface area (Å²) in [6.45, 7) is 12.5. The summed E-state index contributed by atoms with van der Waals surface area (Å²) in [7, 11) is 2.57. The van der Waals surface area contributed by atoms with E-state index in [-0.39, 0.29) is 82.2 Å². The number of carbonyl (C=O) groups is 8. The molecule has 4 aliphatic rings. The first-order chi connectivity index (χ1) is 34.1. The molecule has 2 atom stereocenters. The zero-order chi connectivity index (χ0) is 52.4. The van der Waals surface area contributed by atoms with E-state index in [2.05, 4.69) is 16.0 Å². The van der Waals surface area contributed by atoms with Gasteiger partial charge in [0, 0.05) is 64.1 Å². The number of likely N-dealkylation sites (tertiary alicyclic amines) is 2. The van der Waals surface area contributed by atoms with Gasteiger partial charge in [0.2, 0.25) is 17.7 Å². The molecule has 2 fully saturated rings. The van der Waals surface area contributed by atoms with E-state index < -0.39 is 64.4 Å². The molecule has 3 aromatic carbocycles. The summed E-state index contributed by atoms with van der Waals surface area (Å²) < 4.78 is 21.0. The molecule has 388 valence electrons. The number of amides is 5. The number of methoxy groups -OCH3 is 2. The third-order valence-corrected chi connectivity index (χ3v) is 13.3. The second kappa shape index (κ2) is 23.2. The van der Waals surface area contributed by atoms with E-state index in [1.807, 2.05) is 75.4 Å². The van der Waals surface area contributed by atoms with Crippen molar-refractivity contribution in [1.29, 1.82) is 0 Å².